The molecule has 2 fully saturated rings. The van der Waals surface area contributed by atoms with Crippen molar-refractivity contribution in [1.82, 2.24) is 10.2 Å². The lowest BCUT2D eigenvalue weighted by Gasteiger charge is -2.30. The summed E-state index contributed by atoms with van der Waals surface area (Å²) >= 11 is 0. The van der Waals surface area contributed by atoms with Gasteiger partial charge in [-0.1, -0.05) is 18.2 Å². The minimum absolute atomic E-state index is 0.130. The van der Waals surface area contributed by atoms with Crippen molar-refractivity contribution in [2.75, 3.05) is 13.1 Å². The van der Waals surface area contributed by atoms with Crippen molar-refractivity contribution in [3.8, 4) is 5.75 Å². The van der Waals surface area contributed by atoms with Crippen LogP contribution in [0.15, 0.2) is 30.3 Å². The van der Waals surface area contributed by atoms with Crippen LogP contribution in [0.1, 0.15) is 26.2 Å². The maximum Gasteiger partial charge on any atom is 0.263 e. The van der Waals surface area contributed by atoms with Crippen LogP contribution in [-0.2, 0) is 4.79 Å². The molecule has 2 heterocycles. The van der Waals surface area contributed by atoms with Gasteiger partial charge in [-0.2, -0.15) is 0 Å². The average Bonchev–Trinajstić information content (AvgIpc) is 2.72. The number of benzene rings is 1. The van der Waals surface area contributed by atoms with Gasteiger partial charge < -0.3 is 15.0 Å². The zero-order valence-corrected chi connectivity index (χ0v) is 11.9. The SMILES string of the molecule is CC(Oc1ccccc1)C(=O)N1C2CCNCC1CC2. The number of rotatable bonds is 3. The number of nitrogens with one attached hydrogen (secondary N) is 1. The maximum atomic E-state index is 12.7. The molecule has 0 spiro atoms. The van der Waals surface area contributed by atoms with Crippen LogP contribution in [0, 0.1) is 0 Å². The van der Waals surface area contributed by atoms with Gasteiger partial charge in [-0.15, -0.1) is 0 Å². The smallest absolute Gasteiger partial charge is 0.263 e. The van der Waals surface area contributed by atoms with Crippen LogP contribution in [0.3, 0.4) is 0 Å². The van der Waals surface area contributed by atoms with E-state index in [9.17, 15) is 4.79 Å². The molecule has 0 aromatic heterocycles. The molecule has 1 amide bonds. The van der Waals surface area contributed by atoms with Crippen LogP contribution in [0.5, 0.6) is 5.75 Å². The summed E-state index contributed by atoms with van der Waals surface area (Å²) in [5, 5.41) is 3.42. The van der Waals surface area contributed by atoms with Crippen LogP contribution in [0.4, 0.5) is 0 Å². The van der Waals surface area contributed by atoms with E-state index in [0.29, 0.717) is 12.1 Å². The maximum absolute atomic E-state index is 12.7. The summed E-state index contributed by atoms with van der Waals surface area (Å²) in [6.45, 7) is 3.78. The van der Waals surface area contributed by atoms with Crippen molar-refractivity contribution in [3.05, 3.63) is 30.3 Å². The molecule has 3 unspecified atom stereocenters. The second-order valence-corrected chi connectivity index (χ2v) is 5.70. The lowest BCUT2D eigenvalue weighted by Crippen LogP contribution is -2.48. The van der Waals surface area contributed by atoms with Gasteiger partial charge in [0.05, 0.1) is 0 Å². The van der Waals surface area contributed by atoms with Crippen molar-refractivity contribution in [1.29, 1.82) is 0 Å². The third-order valence-corrected chi connectivity index (χ3v) is 4.31. The normalized spacial score (nSPS) is 26.9. The van der Waals surface area contributed by atoms with Gasteiger partial charge in [0.15, 0.2) is 6.10 Å². The highest BCUT2D eigenvalue weighted by molar-refractivity contribution is 5.82. The fraction of sp³-hybridized carbons (Fsp3) is 0.562. The summed E-state index contributed by atoms with van der Waals surface area (Å²) in [5.41, 5.74) is 0. The number of carbonyl (C=O) groups excluding carboxylic acids is 1. The Bertz CT molecular complexity index is 449. The van der Waals surface area contributed by atoms with Gasteiger partial charge >= 0.3 is 0 Å². The second kappa shape index (κ2) is 5.83. The summed E-state index contributed by atoms with van der Waals surface area (Å²) < 4.78 is 5.78. The molecule has 2 aliphatic heterocycles. The summed E-state index contributed by atoms with van der Waals surface area (Å²) in [6.07, 6.45) is 2.89. The Balaban J connectivity index is 1.68. The molecule has 0 aliphatic carbocycles. The third kappa shape index (κ3) is 2.66. The van der Waals surface area contributed by atoms with Gasteiger partial charge in [-0.25, -0.2) is 0 Å². The highest BCUT2D eigenvalue weighted by Gasteiger charge is 2.39. The zero-order chi connectivity index (χ0) is 13.9. The minimum Gasteiger partial charge on any atom is -0.481 e. The van der Waals surface area contributed by atoms with Crippen molar-refractivity contribution in [3.63, 3.8) is 0 Å². The number of hydrogen-bond acceptors (Lipinski definition) is 3. The molecule has 0 saturated carbocycles. The van der Waals surface area contributed by atoms with Gasteiger partial charge in [-0.05, 0) is 44.9 Å². The first-order chi connectivity index (χ1) is 9.75. The van der Waals surface area contributed by atoms with Crippen LogP contribution in [0.25, 0.3) is 0 Å². The molecule has 2 saturated heterocycles. The third-order valence-electron chi connectivity index (χ3n) is 4.31. The standard InChI is InChI=1S/C16H22N2O2/c1-12(20-15-5-3-2-4-6-15)16(19)18-13-7-8-14(18)11-17-10-9-13/h2-6,12-14,17H,7-11H2,1H3. The molecule has 1 N–H and O–H groups in total. The van der Waals surface area contributed by atoms with Crippen LogP contribution >= 0.6 is 0 Å². The molecule has 3 atom stereocenters. The molecule has 1 aromatic rings. The molecule has 2 aliphatic rings. The van der Waals surface area contributed by atoms with E-state index >= 15 is 0 Å². The van der Waals surface area contributed by atoms with Crippen molar-refractivity contribution >= 4 is 5.91 Å². The summed E-state index contributed by atoms with van der Waals surface area (Å²) in [5.74, 6) is 0.888. The molecule has 1 aromatic carbocycles. The number of carbonyl (C=O) groups is 1. The van der Waals surface area contributed by atoms with Gasteiger partial charge in [0, 0.05) is 18.6 Å². The summed E-state index contributed by atoms with van der Waals surface area (Å²) in [6, 6.07) is 10.3. The van der Waals surface area contributed by atoms with Gasteiger partial charge in [0.1, 0.15) is 5.75 Å². The molecule has 20 heavy (non-hydrogen) atoms. The first-order valence-electron chi connectivity index (χ1n) is 7.50. The molecular weight excluding hydrogens is 252 g/mol. The predicted molar refractivity (Wildman–Crippen MR) is 77.7 cm³/mol. The van der Waals surface area contributed by atoms with E-state index in [2.05, 4.69) is 10.2 Å². The Morgan fingerprint density at radius 1 is 1.25 bits per heavy atom. The van der Waals surface area contributed by atoms with E-state index in [1.54, 1.807) is 0 Å². The van der Waals surface area contributed by atoms with Gasteiger partial charge in [-0.3, -0.25) is 4.79 Å². The first-order valence-corrected chi connectivity index (χ1v) is 7.50. The molecular formula is C16H22N2O2. The van der Waals surface area contributed by atoms with Crippen LogP contribution in [0.2, 0.25) is 0 Å². The minimum atomic E-state index is -0.418. The number of fused-ring (bicyclic) bond motifs is 2. The van der Waals surface area contributed by atoms with Gasteiger partial charge in [0.2, 0.25) is 0 Å². The van der Waals surface area contributed by atoms with E-state index in [0.717, 1.165) is 38.1 Å². The molecule has 4 nitrogen and oxygen atoms in total. The number of amides is 1. The number of nitrogens with zero attached hydrogens (tertiary/aromatic N) is 1. The van der Waals surface area contributed by atoms with Crippen molar-refractivity contribution in [2.45, 2.75) is 44.4 Å². The summed E-state index contributed by atoms with van der Waals surface area (Å²) in [7, 11) is 0. The largest absolute Gasteiger partial charge is 0.481 e. The fourth-order valence-electron chi connectivity index (χ4n) is 3.31. The second-order valence-electron chi connectivity index (χ2n) is 5.70. The number of ether oxygens (including phenoxy) is 1. The fourth-order valence-corrected chi connectivity index (χ4v) is 3.31. The summed E-state index contributed by atoms with van der Waals surface area (Å²) in [4.78, 5) is 14.8. The molecule has 0 radical (unpaired) electrons. The lowest BCUT2D eigenvalue weighted by atomic mass is 10.1. The van der Waals surface area contributed by atoms with Crippen molar-refractivity contribution < 1.29 is 9.53 Å². The Hall–Kier alpha value is -1.55. The van der Waals surface area contributed by atoms with Crippen LogP contribution < -0.4 is 10.1 Å². The molecule has 2 bridgehead atoms. The Morgan fingerprint density at radius 3 is 2.80 bits per heavy atom. The Kier molecular flexibility index (Phi) is 3.92. The first kappa shape index (κ1) is 13.4. The van der Waals surface area contributed by atoms with Crippen LogP contribution in [-0.4, -0.2) is 42.1 Å². The predicted octanol–water partition coefficient (Wildman–Crippen LogP) is 1.81. The molecule has 3 rings (SSSR count). The highest BCUT2D eigenvalue weighted by atomic mass is 16.5. The van der Waals surface area contributed by atoms with E-state index in [1.807, 2.05) is 37.3 Å². The number of para-hydroxylation sites is 1. The zero-order valence-electron chi connectivity index (χ0n) is 11.9. The highest BCUT2D eigenvalue weighted by Crippen LogP contribution is 2.29. The number of hydrogen-bond donors (Lipinski definition) is 1. The van der Waals surface area contributed by atoms with E-state index in [4.69, 9.17) is 4.74 Å². The lowest BCUT2D eigenvalue weighted by molar-refractivity contribution is -0.140. The van der Waals surface area contributed by atoms with E-state index in [-0.39, 0.29) is 5.91 Å². The molecule has 4 heteroatoms. The quantitative estimate of drug-likeness (QED) is 0.914. The van der Waals surface area contributed by atoms with Gasteiger partial charge in [0.25, 0.3) is 5.91 Å². The van der Waals surface area contributed by atoms with E-state index in [1.165, 1.54) is 0 Å². The Labute approximate surface area is 120 Å². The average molecular weight is 274 g/mol. The monoisotopic (exact) mass is 274 g/mol. The van der Waals surface area contributed by atoms with E-state index < -0.39 is 6.10 Å². The Morgan fingerprint density at radius 2 is 2.00 bits per heavy atom. The van der Waals surface area contributed by atoms with Crippen molar-refractivity contribution in [2.24, 2.45) is 0 Å². The molecule has 108 valence electrons. The topological polar surface area (TPSA) is 41.6 Å².